The third-order valence-corrected chi connectivity index (χ3v) is 4.16. The zero-order valence-corrected chi connectivity index (χ0v) is 12.2. The van der Waals surface area contributed by atoms with E-state index in [1.807, 2.05) is 18.4 Å². The fourth-order valence-electron chi connectivity index (χ4n) is 2.16. The summed E-state index contributed by atoms with van der Waals surface area (Å²) < 4.78 is 0. The number of aliphatic hydroxyl groups excluding tert-OH is 1. The van der Waals surface area contributed by atoms with Crippen molar-refractivity contribution in [3.8, 4) is 5.75 Å². The highest BCUT2D eigenvalue weighted by atomic mass is 32.1. The van der Waals surface area contributed by atoms with Crippen LogP contribution in [0.4, 0.5) is 5.82 Å². The summed E-state index contributed by atoms with van der Waals surface area (Å²) >= 11 is 1.55. The van der Waals surface area contributed by atoms with E-state index in [2.05, 4.69) is 15.3 Å². The number of anilines is 1. The van der Waals surface area contributed by atoms with Gasteiger partial charge in [0.25, 0.3) is 0 Å². The van der Waals surface area contributed by atoms with Gasteiger partial charge in [-0.2, -0.15) is 0 Å². The maximum absolute atomic E-state index is 10.4. The average Bonchev–Trinajstić information content (AvgIpc) is 2.97. The molecule has 0 saturated heterocycles. The van der Waals surface area contributed by atoms with E-state index < -0.39 is 6.10 Å². The lowest BCUT2D eigenvalue weighted by Crippen LogP contribution is -2.24. The van der Waals surface area contributed by atoms with Crippen LogP contribution < -0.4 is 5.32 Å². The van der Waals surface area contributed by atoms with E-state index in [0.29, 0.717) is 5.82 Å². The lowest BCUT2D eigenvalue weighted by molar-refractivity contribution is 0.160. The van der Waals surface area contributed by atoms with E-state index in [1.54, 1.807) is 35.6 Å². The number of thiophene rings is 1. The van der Waals surface area contributed by atoms with Crippen LogP contribution in [0.3, 0.4) is 0 Å². The molecule has 2 aromatic heterocycles. The van der Waals surface area contributed by atoms with Crippen LogP contribution in [-0.4, -0.2) is 26.2 Å². The molecule has 3 N–H and O–H groups in total. The lowest BCUT2D eigenvalue weighted by atomic mass is 10.0. The average molecular weight is 301 g/mol. The number of aromatic hydroxyl groups is 1. The molecule has 0 radical (unpaired) electrons. The number of aliphatic hydroxyl groups is 1. The second-order valence-corrected chi connectivity index (χ2v) is 5.73. The van der Waals surface area contributed by atoms with E-state index in [4.69, 9.17) is 0 Å². The predicted molar refractivity (Wildman–Crippen MR) is 83.6 cm³/mol. The maximum atomic E-state index is 10.4. The summed E-state index contributed by atoms with van der Waals surface area (Å²) in [6.07, 6.45) is 0.815. The molecular weight excluding hydrogens is 286 g/mol. The van der Waals surface area contributed by atoms with Crippen molar-refractivity contribution in [3.63, 3.8) is 0 Å². The number of rotatable bonds is 4. The molecule has 2 heterocycles. The topological polar surface area (TPSA) is 78.3 Å². The number of nitrogens with zero attached hydrogens (tertiary/aromatic N) is 2. The maximum Gasteiger partial charge on any atom is 0.138 e. The Bertz CT molecular complexity index is 742. The highest BCUT2D eigenvalue weighted by Crippen LogP contribution is 2.27. The van der Waals surface area contributed by atoms with Gasteiger partial charge in [-0.25, -0.2) is 9.97 Å². The Labute approximate surface area is 125 Å². The number of benzene rings is 1. The summed E-state index contributed by atoms with van der Waals surface area (Å²) in [5, 5.41) is 25.8. The Morgan fingerprint density at radius 1 is 1.14 bits per heavy atom. The summed E-state index contributed by atoms with van der Waals surface area (Å²) in [7, 11) is 0. The van der Waals surface area contributed by atoms with Gasteiger partial charge in [0.05, 0.1) is 17.5 Å². The first-order valence-electron chi connectivity index (χ1n) is 6.57. The molecule has 0 saturated carbocycles. The molecule has 21 heavy (non-hydrogen) atoms. The third-order valence-electron chi connectivity index (χ3n) is 3.33. The van der Waals surface area contributed by atoms with Crippen molar-refractivity contribution in [1.82, 2.24) is 9.97 Å². The molecule has 1 aromatic carbocycles. The number of phenols is 1. The molecule has 3 rings (SSSR count). The van der Waals surface area contributed by atoms with Crippen LogP contribution in [0.5, 0.6) is 5.75 Å². The van der Waals surface area contributed by atoms with Gasteiger partial charge in [-0.15, -0.1) is 11.3 Å². The molecular formula is C15H15N3O2S. The minimum absolute atomic E-state index is 0.183. The number of nitrogens with one attached hydrogen (secondary N) is 1. The fourth-order valence-corrected chi connectivity index (χ4v) is 2.89. The molecule has 108 valence electrons. The number of aromatic nitrogens is 2. The quantitative estimate of drug-likeness (QED) is 0.690. The molecule has 0 aliphatic rings. The van der Waals surface area contributed by atoms with Crippen molar-refractivity contribution in [3.05, 3.63) is 47.6 Å². The van der Waals surface area contributed by atoms with Crippen LogP contribution in [0.15, 0.2) is 42.0 Å². The van der Waals surface area contributed by atoms with Crippen LogP contribution in [-0.2, 0) is 0 Å². The second kappa shape index (κ2) is 5.67. The van der Waals surface area contributed by atoms with Crippen molar-refractivity contribution in [2.24, 2.45) is 0 Å². The lowest BCUT2D eigenvalue weighted by Gasteiger charge is -2.21. The van der Waals surface area contributed by atoms with E-state index in [0.717, 1.165) is 15.8 Å². The molecule has 3 aromatic rings. The largest absolute Gasteiger partial charge is 0.508 e. The highest BCUT2D eigenvalue weighted by Gasteiger charge is 2.18. The summed E-state index contributed by atoms with van der Waals surface area (Å²) in [6.45, 7) is 1.89. The van der Waals surface area contributed by atoms with Gasteiger partial charge in [-0.3, -0.25) is 0 Å². The highest BCUT2D eigenvalue weighted by molar-refractivity contribution is 7.16. The van der Waals surface area contributed by atoms with Crippen molar-refractivity contribution in [1.29, 1.82) is 0 Å². The van der Waals surface area contributed by atoms with Crippen molar-refractivity contribution in [2.45, 2.75) is 19.1 Å². The second-order valence-electron chi connectivity index (χ2n) is 4.83. The fraction of sp³-hybridized carbons (Fsp3) is 0.200. The summed E-state index contributed by atoms with van der Waals surface area (Å²) in [5.74, 6) is 0.897. The number of phenolic OH excluding ortho intramolecular Hbond substituents is 1. The summed E-state index contributed by atoms with van der Waals surface area (Å²) in [4.78, 5) is 9.36. The normalized spacial score (nSPS) is 14.0. The van der Waals surface area contributed by atoms with E-state index in [9.17, 15) is 10.2 Å². The van der Waals surface area contributed by atoms with Gasteiger partial charge in [0.15, 0.2) is 0 Å². The monoisotopic (exact) mass is 301 g/mol. The van der Waals surface area contributed by atoms with Gasteiger partial charge in [0.2, 0.25) is 0 Å². The molecule has 6 heteroatoms. The van der Waals surface area contributed by atoms with Gasteiger partial charge in [-0.1, -0.05) is 12.1 Å². The van der Waals surface area contributed by atoms with E-state index >= 15 is 0 Å². The minimum atomic E-state index is -0.700. The zero-order valence-electron chi connectivity index (χ0n) is 11.4. The smallest absolute Gasteiger partial charge is 0.138 e. The molecule has 0 bridgehead atoms. The number of hydrogen-bond acceptors (Lipinski definition) is 6. The third kappa shape index (κ3) is 2.81. The Morgan fingerprint density at radius 3 is 2.67 bits per heavy atom. The standard InChI is InChI=1S/C15H15N3O2S/c1-9(13(20)10-2-4-11(19)5-3-10)18-14-12-6-7-21-15(12)17-8-16-14/h2-9,13,19-20H,1H3,(H,16,17,18)/t9-,13+/m1/s1. The van der Waals surface area contributed by atoms with E-state index in [-0.39, 0.29) is 11.8 Å². The van der Waals surface area contributed by atoms with Gasteiger partial charge >= 0.3 is 0 Å². The Balaban J connectivity index is 1.81. The van der Waals surface area contributed by atoms with Crippen LogP contribution in [0.1, 0.15) is 18.6 Å². The first-order chi connectivity index (χ1) is 10.1. The molecule has 2 atom stereocenters. The number of fused-ring (bicyclic) bond motifs is 1. The number of hydrogen-bond donors (Lipinski definition) is 3. The van der Waals surface area contributed by atoms with Gasteiger partial charge in [-0.05, 0) is 36.1 Å². The summed E-state index contributed by atoms with van der Waals surface area (Å²) in [5.41, 5.74) is 0.739. The molecule has 0 fully saturated rings. The zero-order chi connectivity index (χ0) is 14.8. The van der Waals surface area contributed by atoms with Crippen LogP contribution in [0, 0.1) is 0 Å². The minimum Gasteiger partial charge on any atom is -0.508 e. The molecule has 0 spiro atoms. The van der Waals surface area contributed by atoms with Crippen molar-refractivity contribution in [2.75, 3.05) is 5.32 Å². The van der Waals surface area contributed by atoms with Gasteiger partial charge < -0.3 is 15.5 Å². The SMILES string of the molecule is C[C@@H](Nc1ncnc2sccc12)[C@H](O)c1ccc(O)cc1. The van der Waals surface area contributed by atoms with Crippen molar-refractivity contribution >= 4 is 27.4 Å². The van der Waals surface area contributed by atoms with Gasteiger partial charge in [0.1, 0.15) is 22.7 Å². The van der Waals surface area contributed by atoms with Crippen LogP contribution >= 0.6 is 11.3 Å². The van der Waals surface area contributed by atoms with Crippen LogP contribution in [0.2, 0.25) is 0 Å². The molecule has 0 amide bonds. The van der Waals surface area contributed by atoms with Crippen LogP contribution in [0.25, 0.3) is 10.2 Å². The molecule has 0 aliphatic heterocycles. The summed E-state index contributed by atoms with van der Waals surface area (Å²) in [6, 6.07) is 8.27. The van der Waals surface area contributed by atoms with E-state index in [1.165, 1.54) is 6.33 Å². The molecule has 0 aliphatic carbocycles. The Hall–Kier alpha value is -2.18. The molecule has 5 nitrogen and oxygen atoms in total. The Morgan fingerprint density at radius 2 is 1.90 bits per heavy atom. The van der Waals surface area contributed by atoms with Crippen molar-refractivity contribution < 1.29 is 10.2 Å². The first-order valence-corrected chi connectivity index (χ1v) is 7.45. The first kappa shape index (κ1) is 13.8. The molecule has 0 unspecified atom stereocenters. The predicted octanol–water partition coefficient (Wildman–Crippen LogP) is 2.93. The van der Waals surface area contributed by atoms with Gasteiger partial charge in [0, 0.05) is 0 Å². The Kier molecular flexibility index (Phi) is 3.72.